The van der Waals surface area contributed by atoms with Crippen LogP contribution in [0.5, 0.6) is 11.5 Å². The predicted molar refractivity (Wildman–Crippen MR) is 122 cm³/mol. The van der Waals surface area contributed by atoms with Crippen LogP contribution in [-0.4, -0.2) is 55.4 Å². The first-order valence-electron chi connectivity index (χ1n) is 10.6. The largest absolute Gasteiger partial charge is 0.496 e. The van der Waals surface area contributed by atoms with E-state index in [-0.39, 0.29) is 0 Å². The van der Waals surface area contributed by atoms with Gasteiger partial charge in [0.15, 0.2) is 0 Å². The van der Waals surface area contributed by atoms with Crippen molar-refractivity contribution in [3.05, 3.63) is 83.7 Å². The lowest BCUT2D eigenvalue weighted by atomic mass is 10.00. The summed E-state index contributed by atoms with van der Waals surface area (Å²) in [6, 6.07) is 17.8. The smallest absolute Gasteiger partial charge is 0.127 e. The van der Waals surface area contributed by atoms with Gasteiger partial charge in [0, 0.05) is 61.9 Å². The Hall–Kier alpha value is -3.09. The van der Waals surface area contributed by atoms with Crippen molar-refractivity contribution in [1.29, 1.82) is 0 Å². The molecule has 0 amide bonds. The fourth-order valence-electron chi connectivity index (χ4n) is 4.18. The maximum Gasteiger partial charge on any atom is 0.127 e. The van der Waals surface area contributed by atoms with Gasteiger partial charge in [-0.25, -0.2) is 0 Å². The standard InChI is InChI=1S/C25H29N3O3/c1-30-23-10-5-11-24(31-2)21(23)18-27-13-15-28(16-14-27)22-9-4-3-8-20(22)25(29)19-7-6-12-26-17-19/h3-12,17,25,29H,13-16,18H2,1-2H3/t25-/m0/s1. The Morgan fingerprint density at radius 1 is 0.903 bits per heavy atom. The molecule has 6 heteroatoms. The van der Waals surface area contributed by atoms with Crippen LogP contribution in [0.15, 0.2) is 67.0 Å². The summed E-state index contributed by atoms with van der Waals surface area (Å²) < 4.78 is 11.1. The number of para-hydroxylation sites is 1. The summed E-state index contributed by atoms with van der Waals surface area (Å²) >= 11 is 0. The van der Waals surface area contributed by atoms with Crippen molar-refractivity contribution in [2.24, 2.45) is 0 Å². The van der Waals surface area contributed by atoms with Crippen LogP contribution >= 0.6 is 0 Å². The minimum absolute atomic E-state index is 0.694. The van der Waals surface area contributed by atoms with E-state index in [9.17, 15) is 5.11 Å². The zero-order valence-corrected chi connectivity index (χ0v) is 18.1. The summed E-state index contributed by atoms with van der Waals surface area (Å²) in [5, 5.41) is 11.0. The number of piperazine rings is 1. The Balaban J connectivity index is 1.47. The highest BCUT2D eigenvalue weighted by Gasteiger charge is 2.23. The highest BCUT2D eigenvalue weighted by Crippen LogP contribution is 2.33. The van der Waals surface area contributed by atoms with Gasteiger partial charge in [-0.1, -0.05) is 30.3 Å². The van der Waals surface area contributed by atoms with Crippen LogP contribution in [0.2, 0.25) is 0 Å². The zero-order valence-electron chi connectivity index (χ0n) is 18.1. The maximum atomic E-state index is 11.0. The maximum absolute atomic E-state index is 11.0. The molecule has 1 N–H and O–H groups in total. The molecular weight excluding hydrogens is 390 g/mol. The van der Waals surface area contributed by atoms with E-state index < -0.39 is 6.10 Å². The van der Waals surface area contributed by atoms with Gasteiger partial charge in [0.25, 0.3) is 0 Å². The Labute approximate surface area is 183 Å². The first-order valence-corrected chi connectivity index (χ1v) is 10.6. The number of benzene rings is 2. The third kappa shape index (κ3) is 4.65. The number of hydrogen-bond donors (Lipinski definition) is 1. The van der Waals surface area contributed by atoms with E-state index in [4.69, 9.17) is 9.47 Å². The van der Waals surface area contributed by atoms with E-state index in [1.54, 1.807) is 26.6 Å². The minimum atomic E-state index is -0.694. The van der Waals surface area contributed by atoms with Crippen molar-refractivity contribution in [2.75, 3.05) is 45.3 Å². The molecule has 0 saturated carbocycles. The Kier molecular flexibility index (Phi) is 6.70. The molecule has 3 aromatic rings. The number of hydrogen-bond acceptors (Lipinski definition) is 6. The number of aromatic nitrogens is 1. The highest BCUT2D eigenvalue weighted by molar-refractivity contribution is 5.56. The second kappa shape index (κ2) is 9.81. The lowest BCUT2D eigenvalue weighted by Crippen LogP contribution is -2.46. The molecule has 1 aromatic heterocycles. The van der Waals surface area contributed by atoms with Gasteiger partial charge < -0.3 is 19.5 Å². The van der Waals surface area contributed by atoms with Gasteiger partial charge in [0.05, 0.1) is 19.8 Å². The SMILES string of the molecule is COc1cccc(OC)c1CN1CCN(c2ccccc2[C@@H](O)c2cccnc2)CC1. The van der Waals surface area contributed by atoms with Crippen molar-refractivity contribution >= 4 is 5.69 Å². The third-order valence-electron chi connectivity index (χ3n) is 5.86. The van der Waals surface area contributed by atoms with Crippen LogP contribution in [-0.2, 0) is 6.54 Å². The lowest BCUT2D eigenvalue weighted by molar-refractivity contribution is 0.218. The number of pyridine rings is 1. The summed E-state index contributed by atoms with van der Waals surface area (Å²) in [6.45, 7) is 4.38. The van der Waals surface area contributed by atoms with Crippen LogP contribution in [0, 0.1) is 0 Å². The molecule has 1 fully saturated rings. The molecule has 0 aliphatic carbocycles. The number of aliphatic hydroxyl groups excluding tert-OH is 1. The predicted octanol–water partition coefficient (Wildman–Crippen LogP) is 3.50. The molecule has 2 heterocycles. The number of nitrogens with zero attached hydrogens (tertiary/aromatic N) is 3. The summed E-state index contributed by atoms with van der Waals surface area (Å²) in [4.78, 5) is 8.92. The molecule has 0 radical (unpaired) electrons. The van der Waals surface area contributed by atoms with Gasteiger partial charge in [-0.15, -0.1) is 0 Å². The van der Waals surface area contributed by atoms with Gasteiger partial charge >= 0.3 is 0 Å². The normalized spacial score (nSPS) is 15.5. The van der Waals surface area contributed by atoms with Gasteiger partial charge in [-0.05, 0) is 24.3 Å². The van der Waals surface area contributed by atoms with Gasteiger partial charge in [-0.3, -0.25) is 9.88 Å². The Morgan fingerprint density at radius 3 is 2.26 bits per heavy atom. The Morgan fingerprint density at radius 2 is 1.61 bits per heavy atom. The highest BCUT2D eigenvalue weighted by atomic mass is 16.5. The zero-order chi connectivity index (χ0) is 21.6. The van der Waals surface area contributed by atoms with Crippen molar-refractivity contribution < 1.29 is 14.6 Å². The topological polar surface area (TPSA) is 58.1 Å². The molecule has 1 atom stereocenters. The second-order valence-electron chi connectivity index (χ2n) is 7.65. The van der Waals surface area contributed by atoms with Crippen LogP contribution in [0.4, 0.5) is 5.69 Å². The molecule has 162 valence electrons. The van der Waals surface area contributed by atoms with E-state index in [0.29, 0.717) is 0 Å². The molecule has 1 saturated heterocycles. The number of anilines is 1. The minimum Gasteiger partial charge on any atom is -0.496 e. The van der Waals surface area contributed by atoms with Crippen LogP contribution in [0.25, 0.3) is 0 Å². The summed E-state index contributed by atoms with van der Waals surface area (Å²) in [5.41, 5.74) is 3.87. The summed E-state index contributed by atoms with van der Waals surface area (Å²) in [6.07, 6.45) is 2.75. The molecule has 0 unspecified atom stereocenters. The molecule has 31 heavy (non-hydrogen) atoms. The number of ether oxygens (including phenoxy) is 2. The van der Waals surface area contributed by atoms with Gasteiger partial charge in [-0.2, -0.15) is 0 Å². The van der Waals surface area contributed by atoms with Crippen molar-refractivity contribution in [1.82, 2.24) is 9.88 Å². The van der Waals surface area contributed by atoms with Crippen LogP contribution in [0.3, 0.4) is 0 Å². The molecule has 6 nitrogen and oxygen atoms in total. The average Bonchev–Trinajstić information content (AvgIpc) is 2.84. The molecule has 1 aliphatic heterocycles. The van der Waals surface area contributed by atoms with Crippen molar-refractivity contribution in [3.63, 3.8) is 0 Å². The third-order valence-corrected chi connectivity index (χ3v) is 5.86. The molecule has 1 aliphatic rings. The molecule has 0 bridgehead atoms. The first-order chi connectivity index (χ1) is 15.2. The summed E-state index contributed by atoms with van der Waals surface area (Å²) in [5.74, 6) is 1.71. The molecule has 2 aromatic carbocycles. The van der Waals surface area contributed by atoms with E-state index in [1.165, 1.54) is 0 Å². The van der Waals surface area contributed by atoms with E-state index in [0.717, 1.165) is 66.6 Å². The quantitative estimate of drug-likeness (QED) is 0.633. The number of rotatable bonds is 7. The fraction of sp³-hybridized carbons (Fsp3) is 0.320. The average molecular weight is 420 g/mol. The van der Waals surface area contributed by atoms with E-state index >= 15 is 0 Å². The summed E-state index contributed by atoms with van der Waals surface area (Å²) in [7, 11) is 3.39. The lowest BCUT2D eigenvalue weighted by Gasteiger charge is -2.37. The molecule has 0 spiro atoms. The Bertz CT molecular complexity index is 966. The molecule has 4 rings (SSSR count). The van der Waals surface area contributed by atoms with Gasteiger partial charge in [0.1, 0.15) is 17.6 Å². The van der Waals surface area contributed by atoms with Crippen LogP contribution in [0.1, 0.15) is 22.8 Å². The monoisotopic (exact) mass is 419 g/mol. The van der Waals surface area contributed by atoms with Crippen molar-refractivity contribution in [2.45, 2.75) is 12.6 Å². The first kappa shape index (κ1) is 21.2. The second-order valence-corrected chi connectivity index (χ2v) is 7.65. The number of methoxy groups -OCH3 is 2. The van der Waals surface area contributed by atoms with Gasteiger partial charge in [0.2, 0.25) is 0 Å². The van der Waals surface area contributed by atoms with E-state index in [1.807, 2.05) is 48.5 Å². The number of aliphatic hydroxyl groups is 1. The van der Waals surface area contributed by atoms with Crippen molar-refractivity contribution in [3.8, 4) is 11.5 Å². The molecular formula is C25H29N3O3. The fourth-order valence-corrected chi connectivity index (χ4v) is 4.18. The van der Waals surface area contributed by atoms with Crippen LogP contribution < -0.4 is 14.4 Å². The van der Waals surface area contributed by atoms with E-state index in [2.05, 4.69) is 20.9 Å².